The molecule has 0 spiro atoms. The molecule has 0 radical (unpaired) electrons. The molecule has 1 rings (SSSR count). The van der Waals surface area contributed by atoms with E-state index in [1.807, 2.05) is 0 Å². The number of halogens is 2. The smallest absolute Gasteiger partial charge is 0.450 e. The van der Waals surface area contributed by atoms with Gasteiger partial charge in [0.15, 0.2) is 6.29 Å². The lowest BCUT2D eigenvalue weighted by atomic mass is 10.1. The van der Waals surface area contributed by atoms with Crippen molar-refractivity contribution in [3.05, 3.63) is 34.9 Å². The van der Waals surface area contributed by atoms with Crippen molar-refractivity contribution in [1.82, 2.24) is 0 Å². The van der Waals surface area contributed by atoms with Crippen LogP contribution in [0.25, 0.3) is 0 Å². The first-order chi connectivity index (χ1) is 7.04. The Hall–Kier alpha value is -1.98. The first kappa shape index (κ1) is 11.1. The summed E-state index contributed by atoms with van der Waals surface area (Å²) >= 11 is 0. The van der Waals surface area contributed by atoms with Crippen molar-refractivity contribution in [2.75, 3.05) is 0 Å². The van der Waals surface area contributed by atoms with E-state index in [9.17, 15) is 18.4 Å². The molecule has 0 fully saturated rings. The van der Waals surface area contributed by atoms with Crippen molar-refractivity contribution in [3.63, 3.8) is 0 Å². The van der Waals surface area contributed by atoms with Gasteiger partial charge in [0.25, 0.3) is 0 Å². The number of aldehydes is 1. The van der Waals surface area contributed by atoms with Crippen LogP contribution in [-0.4, -0.2) is 17.5 Å². The van der Waals surface area contributed by atoms with Gasteiger partial charge in [0.05, 0.1) is 5.56 Å². The number of hydrogen-bond donors (Lipinski definition) is 1. The zero-order chi connectivity index (χ0) is 11.4. The number of benzene rings is 1. The van der Waals surface area contributed by atoms with Crippen LogP contribution < -0.4 is 0 Å². The Kier molecular flexibility index (Phi) is 3.33. The molecule has 0 saturated carbocycles. The van der Waals surface area contributed by atoms with Crippen LogP contribution in [-0.2, 0) is 11.3 Å². The number of carbonyl (C=O) groups is 2. The van der Waals surface area contributed by atoms with E-state index in [2.05, 4.69) is 4.74 Å². The summed E-state index contributed by atoms with van der Waals surface area (Å²) < 4.78 is 30.0. The highest BCUT2D eigenvalue weighted by Crippen LogP contribution is 2.14. The van der Waals surface area contributed by atoms with Crippen LogP contribution in [0.3, 0.4) is 0 Å². The summed E-state index contributed by atoms with van der Waals surface area (Å²) in [5, 5.41) is 8.15. The van der Waals surface area contributed by atoms with Crippen LogP contribution in [0.4, 0.5) is 13.6 Å². The average Bonchev–Trinajstić information content (AvgIpc) is 2.14. The standard InChI is InChI=1S/C9H6F2O4/c10-7-1-5(4-15-9(13)14)2-8(11)6(7)3-12/h1-3H,4H2,(H,13,14). The molecule has 0 atom stereocenters. The Morgan fingerprint density at radius 3 is 2.33 bits per heavy atom. The predicted molar refractivity (Wildman–Crippen MR) is 44.6 cm³/mol. The predicted octanol–water partition coefficient (Wildman–Crippen LogP) is 1.97. The van der Waals surface area contributed by atoms with Crippen molar-refractivity contribution < 1.29 is 28.2 Å². The van der Waals surface area contributed by atoms with Crippen LogP contribution in [0.1, 0.15) is 15.9 Å². The minimum absolute atomic E-state index is 0.00185. The monoisotopic (exact) mass is 216 g/mol. The van der Waals surface area contributed by atoms with Gasteiger partial charge in [-0.05, 0) is 17.7 Å². The van der Waals surface area contributed by atoms with Crippen molar-refractivity contribution in [3.8, 4) is 0 Å². The molecule has 6 heteroatoms. The highest BCUT2D eigenvalue weighted by molar-refractivity contribution is 5.75. The highest BCUT2D eigenvalue weighted by atomic mass is 19.1. The molecule has 0 aromatic heterocycles. The molecule has 0 amide bonds. The fraction of sp³-hybridized carbons (Fsp3) is 0.111. The van der Waals surface area contributed by atoms with Gasteiger partial charge >= 0.3 is 6.16 Å². The molecule has 15 heavy (non-hydrogen) atoms. The summed E-state index contributed by atoms with van der Waals surface area (Å²) in [5.41, 5.74) is -0.688. The first-order valence-corrected chi connectivity index (χ1v) is 3.83. The number of carbonyl (C=O) groups excluding carboxylic acids is 1. The second kappa shape index (κ2) is 4.50. The molecular weight excluding hydrogens is 210 g/mol. The summed E-state index contributed by atoms with van der Waals surface area (Å²) in [5.74, 6) is -2.09. The largest absolute Gasteiger partial charge is 0.506 e. The van der Waals surface area contributed by atoms with Gasteiger partial charge in [-0.15, -0.1) is 0 Å². The summed E-state index contributed by atoms with van der Waals surface area (Å²) in [4.78, 5) is 20.2. The Labute approximate surface area is 83.1 Å². The number of ether oxygens (including phenoxy) is 1. The second-order valence-electron chi connectivity index (χ2n) is 2.65. The van der Waals surface area contributed by atoms with Gasteiger partial charge in [-0.2, -0.15) is 0 Å². The Morgan fingerprint density at radius 2 is 1.93 bits per heavy atom. The molecule has 0 bridgehead atoms. The van der Waals surface area contributed by atoms with Crippen molar-refractivity contribution >= 4 is 12.4 Å². The molecule has 1 aromatic rings. The molecule has 0 unspecified atom stereocenters. The quantitative estimate of drug-likeness (QED) is 0.619. The Bertz CT molecular complexity index is 380. The summed E-state index contributed by atoms with van der Waals surface area (Å²) in [6.07, 6.45) is -1.50. The SMILES string of the molecule is O=Cc1c(F)cc(COC(=O)O)cc1F. The van der Waals surface area contributed by atoms with E-state index in [1.54, 1.807) is 0 Å². The molecule has 0 saturated heterocycles. The lowest BCUT2D eigenvalue weighted by Crippen LogP contribution is -2.02. The maximum Gasteiger partial charge on any atom is 0.506 e. The van der Waals surface area contributed by atoms with Gasteiger partial charge in [0.2, 0.25) is 0 Å². The maximum atomic E-state index is 13.0. The molecule has 80 valence electrons. The van der Waals surface area contributed by atoms with Crippen molar-refractivity contribution in [2.45, 2.75) is 6.61 Å². The third-order valence-corrected chi connectivity index (χ3v) is 1.62. The van der Waals surface area contributed by atoms with Crippen LogP contribution >= 0.6 is 0 Å². The van der Waals surface area contributed by atoms with Crippen molar-refractivity contribution in [1.29, 1.82) is 0 Å². The zero-order valence-electron chi connectivity index (χ0n) is 7.37. The van der Waals surface area contributed by atoms with Crippen molar-refractivity contribution in [2.24, 2.45) is 0 Å². The summed E-state index contributed by atoms with van der Waals surface area (Å²) in [6.45, 7) is -0.470. The van der Waals surface area contributed by atoms with Gasteiger partial charge < -0.3 is 9.84 Å². The van der Waals surface area contributed by atoms with Gasteiger partial charge in [-0.25, -0.2) is 13.6 Å². The van der Waals surface area contributed by atoms with Crippen LogP contribution in [0, 0.1) is 11.6 Å². The molecular formula is C9H6F2O4. The topological polar surface area (TPSA) is 63.6 Å². The number of rotatable bonds is 3. The van der Waals surface area contributed by atoms with Crippen LogP contribution in [0.15, 0.2) is 12.1 Å². The van der Waals surface area contributed by atoms with E-state index >= 15 is 0 Å². The number of carboxylic acid groups (broad SMARTS) is 1. The lowest BCUT2D eigenvalue weighted by molar-refractivity contribution is 0.0850. The molecule has 0 heterocycles. The fourth-order valence-electron chi connectivity index (χ4n) is 0.978. The molecule has 0 aliphatic heterocycles. The van der Waals surface area contributed by atoms with Gasteiger partial charge in [0.1, 0.15) is 18.2 Å². The van der Waals surface area contributed by atoms with E-state index in [0.29, 0.717) is 0 Å². The highest BCUT2D eigenvalue weighted by Gasteiger charge is 2.11. The molecule has 0 aliphatic carbocycles. The van der Waals surface area contributed by atoms with Gasteiger partial charge in [-0.1, -0.05) is 0 Å². The van der Waals surface area contributed by atoms with E-state index in [0.717, 1.165) is 12.1 Å². The van der Waals surface area contributed by atoms with E-state index in [1.165, 1.54) is 0 Å². The van der Waals surface area contributed by atoms with Gasteiger partial charge in [0, 0.05) is 0 Å². The maximum absolute atomic E-state index is 13.0. The first-order valence-electron chi connectivity index (χ1n) is 3.83. The average molecular weight is 216 g/mol. The third-order valence-electron chi connectivity index (χ3n) is 1.62. The minimum Gasteiger partial charge on any atom is -0.450 e. The zero-order valence-corrected chi connectivity index (χ0v) is 7.37. The fourth-order valence-corrected chi connectivity index (χ4v) is 0.978. The minimum atomic E-state index is -1.55. The normalized spacial score (nSPS) is 9.73. The molecule has 4 nitrogen and oxygen atoms in total. The second-order valence-corrected chi connectivity index (χ2v) is 2.65. The van der Waals surface area contributed by atoms with Crippen LogP contribution in [0.2, 0.25) is 0 Å². The van der Waals surface area contributed by atoms with E-state index in [-0.39, 0.29) is 11.8 Å². The Morgan fingerprint density at radius 1 is 1.40 bits per heavy atom. The Balaban J connectivity index is 2.93. The molecule has 1 N–H and O–H groups in total. The molecule has 0 aliphatic rings. The van der Waals surface area contributed by atoms with Gasteiger partial charge in [-0.3, -0.25) is 4.79 Å². The van der Waals surface area contributed by atoms with Crippen LogP contribution in [0.5, 0.6) is 0 Å². The van der Waals surface area contributed by atoms with E-state index in [4.69, 9.17) is 5.11 Å². The number of hydrogen-bond acceptors (Lipinski definition) is 3. The molecule has 1 aromatic carbocycles. The summed E-state index contributed by atoms with van der Waals surface area (Å²) in [6, 6.07) is 1.69. The van der Waals surface area contributed by atoms with E-state index < -0.39 is 30.0 Å². The summed E-state index contributed by atoms with van der Waals surface area (Å²) in [7, 11) is 0. The lowest BCUT2D eigenvalue weighted by Gasteiger charge is -2.03. The third kappa shape index (κ3) is 2.73.